The zero-order valence-corrected chi connectivity index (χ0v) is 10.4. The molecule has 106 valence electrons. The summed E-state index contributed by atoms with van der Waals surface area (Å²) in [5.74, 6) is 0.139. The molecule has 0 unspecified atom stereocenters. The fourth-order valence-corrected chi connectivity index (χ4v) is 1.61. The Hall–Kier alpha value is -2.51. The van der Waals surface area contributed by atoms with Crippen LogP contribution in [-0.4, -0.2) is 17.1 Å². The molecule has 8 heteroatoms. The maximum atomic E-state index is 12.9. The molecular weight excluding hydrogens is 273 g/mol. The normalized spacial score (nSPS) is 11.2. The second-order valence-corrected chi connectivity index (χ2v) is 3.81. The fourth-order valence-electron chi connectivity index (χ4n) is 1.61. The number of alkyl halides is 3. The molecular formula is C12H11F3N4O. The van der Waals surface area contributed by atoms with Gasteiger partial charge in [0.15, 0.2) is 5.82 Å². The standard InChI is InChI=1S/C12H11F3N4O/c1-20-11-9(16)10(17-6-18-11)19-8-5-3-2-4-7(8)12(13,14)15/h2-6H,16H2,1H3,(H,17,18,19). The second-order valence-electron chi connectivity index (χ2n) is 3.81. The van der Waals surface area contributed by atoms with E-state index in [1.807, 2.05) is 0 Å². The summed E-state index contributed by atoms with van der Waals surface area (Å²) in [4.78, 5) is 7.56. The summed E-state index contributed by atoms with van der Waals surface area (Å²) in [6, 6.07) is 5.04. The molecule has 0 atom stereocenters. The van der Waals surface area contributed by atoms with Gasteiger partial charge in [-0.15, -0.1) is 0 Å². The molecule has 20 heavy (non-hydrogen) atoms. The molecule has 0 aliphatic rings. The predicted molar refractivity (Wildman–Crippen MR) is 67.7 cm³/mol. The number of methoxy groups -OCH3 is 1. The molecule has 0 saturated heterocycles. The van der Waals surface area contributed by atoms with E-state index >= 15 is 0 Å². The van der Waals surface area contributed by atoms with Gasteiger partial charge in [0, 0.05) is 0 Å². The van der Waals surface area contributed by atoms with E-state index in [0.717, 1.165) is 12.4 Å². The van der Waals surface area contributed by atoms with Gasteiger partial charge in [-0.1, -0.05) is 12.1 Å². The first-order chi connectivity index (χ1) is 9.43. The van der Waals surface area contributed by atoms with Crippen molar-refractivity contribution in [2.24, 2.45) is 0 Å². The lowest BCUT2D eigenvalue weighted by atomic mass is 10.1. The van der Waals surface area contributed by atoms with Crippen molar-refractivity contribution in [3.63, 3.8) is 0 Å². The molecule has 2 rings (SSSR count). The first kappa shape index (κ1) is 13.9. The third-order valence-corrected chi connectivity index (χ3v) is 2.53. The minimum absolute atomic E-state index is 0.0342. The number of rotatable bonds is 3. The van der Waals surface area contributed by atoms with E-state index in [2.05, 4.69) is 15.3 Å². The average molecular weight is 284 g/mol. The maximum Gasteiger partial charge on any atom is 0.418 e. The Morgan fingerprint density at radius 2 is 1.90 bits per heavy atom. The van der Waals surface area contributed by atoms with Gasteiger partial charge in [-0.25, -0.2) is 4.98 Å². The molecule has 0 amide bonds. The van der Waals surface area contributed by atoms with E-state index in [9.17, 15) is 13.2 Å². The SMILES string of the molecule is COc1ncnc(Nc2ccccc2C(F)(F)F)c1N. The van der Waals surface area contributed by atoms with E-state index in [1.165, 1.54) is 25.3 Å². The van der Waals surface area contributed by atoms with Gasteiger partial charge in [0.1, 0.15) is 12.0 Å². The van der Waals surface area contributed by atoms with Crippen molar-refractivity contribution < 1.29 is 17.9 Å². The Labute approximate surface area is 112 Å². The largest absolute Gasteiger partial charge is 0.479 e. The van der Waals surface area contributed by atoms with Crippen molar-refractivity contribution in [1.29, 1.82) is 0 Å². The van der Waals surface area contributed by atoms with Gasteiger partial charge in [-0.05, 0) is 12.1 Å². The molecule has 1 heterocycles. The maximum absolute atomic E-state index is 12.9. The topological polar surface area (TPSA) is 73.1 Å². The minimum Gasteiger partial charge on any atom is -0.479 e. The van der Waals surface area contributed by atoms with Crippen molar-refractivity contribution in [3.8, 4) is 5.88 Å². The molecule has 0 fully saturated rings. The van der Waals surface area contributed by atoms with Crippen LogP contribution in [0.4, 0.5) is 30.4 Å². The Kier molecular flexibility index (Phi) is 3.64. The van der Waals surface area contributed by atoms with Gasteiger partial charge in [-0.3, -0.25) is 0 Å². The highest BCUT2D eigenvalue weighted by Crippen LogP contribution is 2.36. The Morgan fingerprint density at radius 1 is 1.20 bits per heavy atom. The average Bonchev–Trinajstić information content (AvgIpc) is 2.40. The molecule has 3 N–H and O–H groups in total. The number of benzene rings is 1. The monoisotopic (exact) mass is 284 g/mol. The Bertz CT molecular complexity index is 616. The number of halogens is 3. The summed E-state index contributed by atoms with van der Waals surface area (Å²) in [7, 11) is 1.35. The van der Waals surface area contributed by atoms with Crippen LogP contribution in [0, 0.1) is 0 Å². The van der Waals surface area contributed by atoms with Crippen molar-refractivity contribution in [1.82, 2.24) is 9.97 Å². The van der Waals surface area contributed by atoms with Crippen LogP contribution >= 0.6 is 0 Å². The molecule has 0 aliphatic heterocycles. The van der Waals surface area contributed by atoms with Crippen LogP contribution in [0.15, 0.2) is 30.6 Å². The van der Waals surface area contributed by atoms with Crippen LogP contribution in [0.2, 0.25) is 0 Å². The van der Waals surface area contributed by atoms with E-state index < -0.39 is 11.7 Å². The number of anilines is 3. The lowest BCUT2D eigenvalue weighted by Crippen LogP contribution is -2.10. The molecule has 0 aliphatic carbocycles. The molecule has 1 aromatic heterocycles. The number of aromatic nitrogens is 2. The van der Waals surface area contributed by atoms with E-state index in [4.69, 9.17) is 10.5 Å². The first-order valence-electron chi connectivity index (χ1n) is 5.51. The zero-order chi connectivity index (χ0) is 14.8. The van der Waals surface area contributed by atoms with Crippen LogP contribution in [-0.2, 0) is 6.18 Å². The number of para-hydroxylation sites is 1. The summed E-state index contributed by atoms with van der Waals surface area (Å²) in [6.07, 6.45) is -3.33. The molecule has 0 spiro atoms. The Morgan fingerprint density at radius 3 is 2.55 bits per heavy atom. The van der Waals surface area contributed by atoms with E-state index in [-0.39, 0.29) is 23.1 Å². The van der Waals surface area contributed by atoms with Crippen LogP contribution in [0.5, 0.6) is 5.88 Å². The van der Waals surface area contributed by atoms with Gasteiger partial charge in [0.25, 0.3) is 0 Å². The number of nitrogens with one attached hydrogen (secondary N) is 1. The lowest BCUT2D eigenvalue weighted by molar-refractivity contribution is -0.136. The molecule has 0 bridgehead atoms. The van der Waals surface area contributed by atoms with Gasteiger partial charge in [0.2, 0.25) is 5.88 Å². The molecule has 2 aromatic rings. The summed E-state index contributed by atoms with van der Waals surface area (Å²) in [6.45, 7) is 0. The van der Waals surface area contributed by atoms with Crippen molar-refractivity contribution in [3.05, 3.63) is 36.2 Å². The van der Waals surface area contributed by atoms with E-state index in [1.54, 1.807) is 0 Å². The number of ether oxygens (including phenoxy) is 1. The predicted octanol–water partition coefficient (Wildman–Crippen LogP) is 2.83. The lowest BCUT2D eigenvalue weighted by Gasteiger charge is -2.15. The smallest absolute Gasteiger partial charge is 0.418 e. The number of hydrogen-bond donors (Lipinski definition) is 2. The number of nitrogen functional groups attached to an aromatic ring is 1. The van der Waals surface area contributed by atoms with E-state index in [0.29, 0.717) is 0 Å². The van der Waals surface area contributed by atoms with Crippen LogP contribution in [0.25, 0.3) is 0 Å². The zero-order valence-electron chi connectivity index (χ0n) is 10.4. The first-order valence-corrected chi connectivity index (χ1v) is 5.51. The van der Waals surface area contributed by atoms with Gasteiger partial charge < -0.3 is 15.8 Å². The van der Waals surface area contributed by atoms with Gasteiger partial charge in [0.05, 0.1) is 18.4 Å². The van der Waals surface area contributed by atoms with Crippen LogP contribution in [0.3, 0.4) is 0 Å². The molecule has 0 radical (unpaired) electrons. The number of nitrogens with zero attached hydrogens (tertiary/aromatic N) is 2. The second kappa shape index (κ2) is 5.24. The quantitative estimate of drug-likeness (QED) is 0.906. The minimum atomic E-state index is -4.48. The van der Waals surface area contributed by atoms with Crippen molar-refractivity contribution in [2.75, 3.05) is 18.2 Å². The highest BCUT2D eigenvalue weighted by Gasteiger charge is 2.33. The molecule has 5 nitrogen and oxygen atoms in total. The summed E-state index contributed by atoms with van der Waals surface area (Å²) in [5.41, 5.74) is 4.79. The van der Waals surface area contributed by atoms with Crippen LogP contribution in [0.1, 0.15) is 5.56 Å². The van der Waals surface area contributed by atoms with Crippen LogP contribution < -0.4 is 15.8 Å². The molecule has 1 aromatic carbocycles. The number of nitrogens with two attached hydrogens (primary N) is 1. The van der Waals surface area contributed by atoms with Crippen molar-refractivity contribution in [2.45, 2.75) is 6.18 Å². The van der Waals surface area contributed by atoms with Gasteiger partial charge >= 0.3 is 6.18 Å². The third-order valence-electron chi connectivity index (χ3n) is 2.53. The highest BCUT2D eigenvalue weighted by molar-refractivity contribution is 5.73. The summed E-state index contributed by atoms with van der Waals surface area (Å²) >= 11 is 0. The summed E-state index contributed by atoms with van der Waals surface area (Å²) in [5, 5.41) is 2.55. The fraction of sp³-hybridized carbons (Fsp3) is 0.167. The third kappa shape index (κ3) is 2.73. The number of hydrogen-bond acceptors (Lipinski definition) is 5. The molecule has 0 saturated carbocycles. The van der Waals surface area contributed by atoms with Gasteiger partial charge in [-0.2, -0.15) is 18.2 Å². The Balaban J connectivity index is 2.41. The summed E-state index contributed by atoms with van der Waals surface area (Å²) < 4.78 is 43.5. The highest BCUT2D eigenvalue weighted by atomic mass is 19.4. The van der Waals surface area contributed by atoms with Crippen molar-refractivity contribution >= 4 is 17.2 Å².